The van der Waals surface area contributed by atoms with Crippen molar-refractivity contribution in [3.63, 3.8) is 0 Å². The largest absolute Gasteiger partial charge is 0.263 e. The third-order valence-corrected chi connectivity index (χ3v) is 3.04. The molecule has 0 radical (unpaired) electrons. The molecular formula is C9H12N4S. The van der Waals surface area contributed by atoms with Crippen LogP contribution in [0.1, 0.15) is 23.4 Å². The summed E-state index contributed by atoms with van der Waals surface area (Å²) in [4.78, 5) is 9.79. The Kier molecular flexibility index (Phi) is 2.33. The smallest absolute Gasteiger partial charge is 0.193 e. The summed E-state index contributed by atoms with van der Waals surface area (Å²) in [6, 6.07) is 0. The maximum atomic E-state index is 4.38. The molecule has 0 unspecified atom stereocenters. The van der Waals surface area contributed by atoms with E-state index < -0.39 is 0 Å². The topological polar surface area (TPSA) is 54.5 Å². The fraction of sp³-hybridized carbons (Fsp3) is 0.444. The number of thiazole rings is 1. The third kappa shape index (κ3) is 1.55. The molecule has 0 aliphatic carbocycles. The highest BCUT2D eigenvalue weighted by atomic mass is 32.1. The Balaban J connectivity index is 2.43. The molecule has 74 valence electrons. The summed E-state index contributed by atoms with van der Waals surface area (Å²) in [5, 5.41) is 8.13. The van der Waals surface area contributed by atoms with Gasteiger partial charge in [0.1, 0.15) is 5.82 Å². The fourth-order valence-electron chi connectivity index (χ4n) is 1.29. The normalized spacial score (nSPS) is 10.8. The van der Waals surface area contributed by atoms with Gasteiger partial charge in [-0.25, -0.2) is 9.97 Å². The van der Waals surface area contributed by atoms with E-state index >= 15 is 0 Å². The Morgan fingerprint density at radius 2 is 2.07 bits per heavy atom. The van der Waals surface area contributed by atoms with Crippen LogP contribution in [0.15, 0.2) is 0 Å². The van der Waals surface area contributed by atoms with Crippen LogP contribution in [0.5, 0.6) is 0 Å². The second kappa shape index (κ2) is 3.49. The van der Waals surface area contributed by atoms with Gasteiger partial charge in [0, 0.05) is 6.42 Å². The molecule has 0 aromatic carbocycles. The van der Waals surface area contributed by atoms with E-state index in [0.717, 1.165) is 33.6 Å². The summed E-state index contributed by atoms with van der Waals surface area (Å²) in [5.41, 5.74) is 1.01. The lowest BCUT2D eigenvalue weighted by atomic mass is 10.4. The molecule has 0 fully saturated rings. The van der Waals surface area contributed by atoms with Gasteiger partial charge in [-0.15, -0.1) is 11.3 Å². The predicted octanol–water partition coefficient (Wildman–Crippen LogP) is 2.11. The number of aromatic amines is 1. The quantitative estimate of drug-likeness (QED) is 0.822. The third-order valence-electron chi connectivity index (χ3n) is 1.97. The minimum absolute atomic E-state index is 0.768. The molecule has 0 aliphatic heterocycles. The van der Waals surface area contributed by atoms with Gasteiger partial charge in [-0.05, 0) is 13.8 Å². The highest BCUT2D eigenvalue weighted by Crippen LogP contribution is 2.26. The molecule has 0 atom stereocenters. The maximum absolute atomic E-state index is 4.38. The SMILES string of the molecule is CCc1nc(-c2sc(C)nc2C)n[nH]1. The monoisotopic (exact) mass is 208 g/mol. The van der Waals surface area contributed by atoms with E-state index in [1.165, 1.54) is 0 Å². The van der Waals surface area contributed by atoms with Crippen molar-refractivity contribution in [2.24, 2.45) is 0 Å². The second-order valence-electron chi connectivity index (χ2n) is 3.11. The van der Waals surface area contributed by atoms with Crippen LogP contribution in [0.25, 0.3) is 10.7 Å². The number of rotatable bonds is 2. The minimum Gasteiger partial charge on any atom is -0.263 e. The first-order valence-electron chi connectivity index (χ1n) is 4.56. The first kappa shape index (κ1) is 9.33. The summed E-state index contributed by atoms with van der Waals surface area (Å²) < 4.78 is 0. The summed E-state index contributed by atoms with van der Waals surface area (Å²) in [6.07, 6.45) is 0.879. The minimum atomic E-state index is 0.768. The van der Waals surface area contributed by atoms with Crippen LogP contribution in [-0.2, 0) is 6.42 Å². The average Bonchev–Trinajstić information content (AvgIpc) is 2.71. The van der Waals surface area contributed by atoms with E-state index in [1.807, 2.05) is 13.8 Å². The molecule has 4 nitrogen and oxygen atoms in total. The van der Waals surface area contributed by atoms with Gasteiger partial charge in [0.05, 0.1) is 15.6 Å². The molecule has 2 aromatic rings. The van der Waals surface area contributed by atoms with E-state index in [2.05, 4.69) is 27.1 Å². The molecule has 2 rings (SSSR count). The second-order valence-corrected chi connectivity index (χ2v) is 4.31. The number of hydrogen-bond donors (Lipinski definition) is 1. The van der Waals surface area contributed by atoms with Crippen molar-refractivity contribution in [3.05, 3.63) is 16.5 Å². The van der Waals surface area contributed by atoms with Crippen molar-refractivity contribution in [3.8, 4) is 10.7 Å². The predicted molar refractivity (Wildman–Crippen MR) is 56.3 cm³/mol. The summed E-state index contributed by atoms with van der Waals surface area (Å²) in [5.74, 6) is 1.69. The molecule has 1 N–H and O–H groups in total. The van der Waals surface area contributed by atoms with Gasteiger partial charge in [-0.1, -0.05) is 6.92 Å². The lowest BCUT2D eigenvalue weighted by Crippen LogP contribution is -1.82. The van der Waals surface area contributed by atoms with E-state index in [9.17, 15) is 0 Å². The molecule has 0 bridgehead atoms. The number of hydrogen-bond acceptors (Lipinski definition) is 4. The van der Waals surface area contributed by atoms with Gasteiger partial charge in [-0.3, -0.25) is 5.10 Å². The van der Waals surface area contributed by atoms with Gasteiger partial charge in [-0.2, -0.15) is 5.10 Å². The fourth-order valence-corrected chi connectivity index (χ4v) is 2.15. The molecule has 0 saturated heterocycles. The van der Waals surface area contributed by atoms with Crippen molar-refractivity contribution >= 4 is 11.3 Å². The molecule has 0 aliphatic rings. The zero-order valence-electron chi connectivity index (χ0n) is 8.46. The van der Waals surface area contributed by atoms with E-state index in [4.69, 9.17) is 0 Å². The highest BCUT2D eigenvalue weighted by Gasteiger charge is 2.11. The molecule has 14 heavy (non-hydrogen) atoms. The van der Waals surface area contributed by atoms with E-state index in [-0.39, 0.29) is 0 Å². The lowest BCUT2D eigenvalue weighted by Gasteiger charge is -1.87. The highest BCUT2D eigenvalue weighted by molar-refractivity contribution is 7.15. The molecule has 5 heteroatoms. The number of nitrogens with one attached hydrogen (secondary N) is 1. The molecule has 0 spiro atoms. The van der Waals surface area contributed by atoms with E-state index in [0.29, 0.717) is 0 Å². The van der Waals surface area contributed by atoms with Crippen LogP contribution in [0.2, 0.25) is 0 Å². The molecule has 0 amide bonds. The molecular weight excluding hydrogens is 196 g/mol. The summed E-state index contributed by atoms with van der Waals surface area (Å²) in [6.45, 7) is 6.03. The molecule has 2 aromatic heterocycles. The van der Waals surface area contributed by atoms with Crippen molar-refractivity contribution < 1.29 is 0 Å². The van der Waals surface area contributed by atoms with Gasteiger partial charge >= 0.3 is 0 Å². The average molecular weight is 208 g/mol. The number of aromatic nitrogens is 4. The van der Waals surface area contributed by atoms with Gasteiger partial charge in [0.25, 0.3) is 0 Å². The van der Waals surface area contributed by atoms with Crippen LogP contribution in [-0.4, -0.2) is 20.2 Å². The summed E-state index contributed by atoms with van der Waals surface area (Å²) >= 11 is 1.64. The molecule has 0 saturated carbocycles. The Morgan fingerprint density at radius 1 is 1.29 bits per heavy atom. The van der Waals surface area contributed by atoms with Gasteiger partial charge in [0.15, 0.2) is 5.82 Å². The molecule has 2 heterocycles. The van der Waals surface area contributed by atoms with Gasteiger partial charge < -0.3 is 0 Å². The zero-order valence-corrected chi connectivity index (χ0v) is 9.27. The van der Waals surface area contributed by atoms with Gasteiger partial charge in [0.2, 0.25) is 0 Å². The van der Waals surface area contributed by atoms with Crippen LogP contribution in [0.4, 0.5) is 0 Å². The van der Waals surface area contributed by atoms with Crippen molar-refractivity contribution in [1.82, 2.24) is 20.2 Å². The van der Waals surface area contributed by atoms with E-state index in [1.54, 1.807) is 11.3 Å². The van der Waals surface area contributed by atoms with Crippen molar-refractivity contribution in [2.45, 2.75) is 27.2 Å². The first-order valence-corrected chi connectivity index (χ1v) is 5.38. The Hall–Kier alpha value is -1.23. The van der Waals surface area contributed by atoms with Crippen LogP contribution in [0, 0.1) is 13.8 Å². The van der Waals surface area contributed by atoms with Crippen molar-refractivity contribution in [1.29, 1.82) is 0 Å². The number of H-pyrrole nitrogens is 1. The van der Waals surface area contributed by atoms with Crippen LogP contribution < -0.4 is 0 Å². The Bertz CT molecular complexity index is 443. The number of nitrogens with zero attached hydrogens (tertiary/aromatic N) is 3. The van der Waals surface area contributed by atoms with Crippen molar-refractivity contribution in [2.75, 3.05) is 0 Å². The van der Waals surface area contributed by atoms with Crippen LogP contribution in [0.3, 0.4) is 0 Å². The summed E-state index contributed by atoms with van der Waals surface area (Å²) in [7, 11) is 0. The first-order chi connectivity index (χ1) is 6.70. The Morgan fingerprint density at radius 3 is 2.57 bits per heavy atom. The zero-order chi connectivity index (χ0) is 10.1. The lowest BCUT2D eigenvalue weighted by molar-refractivity contribution is 0.946. The number of aryl methyl sites for hydroxylation is 3. The van der Waals surface area contributed by atoms with Crippen LogP contribution >= 0.6 is 11.3 Å². The maximum Gasteiger partial charge on any atom is 0.193 e. The standard InChI is InChI=1S/C9H12N4S/c1-4-7-11-9(13-12-7)8-5(2)10-6(3)14-8/h4H2,1-3H3,(H,11,12,13). The Labute approximate surface area is 86.4 Å².